The lowest BCUT2D eigenvalue weighted by Crippen LogP contribution is -2.25. The molecule has 2 rings (SSSR count). The topological polar surface area (TPSA) is 44.9 Å². The largest absolute Gasteiger partial charge is 0.351 e. The van der Waals surface area contributed by atoms with Crippen molar-refractivity contribution in [2.24, 2.45) is 0 Å². The van der Waals surface area contributed by atoms with E-state index >= 15 is 0 Å². The molecule has 1 amide bonds. The highest BCUT2D eigenvalue weighted by atomic mass is 32.1. The Bertz CT molecular complexity index is 524. The number of benzene rings is 1. The number of nitrogens with one attached hydrogen (secondary N) is 2. The summed E-state index contributed by atoms with van der Waals surface area (Å²) in [6, 6.07) is 5.99. The first-order valence-electron chi connectivity index (χ1n) is 4.88. The average molecular weight is 238 g/mol. The standard InChI is InChI=1S/C11H11FN2OS/c12-8-1-2-9-7(5-8)6-10(14-9)11(15)13-3-4-16/h1-2,5-6,14,16H,3-4H2,(H,13,15). The van der Waals surface area contributed by atoms with Gasteiger partial charge in [-0.05, 0) is 24.3 Å². The molecule has 16 heavy (non-hydrogen) atoms. The third kappa shape index (κ3) is 2.19. The van der Waals surface area contributed by atoms with Gasteiger partial charge in [0.15, 0.2) is 0 Å². The second-order valence-electron chi connectivity index (χ2n) is 3.39. The number of H-pyrrole nitrogens is 1. The zero-order chi connectivity index (χ0) is 11.5. The van der Waals surface area contributed by atoms with Gasteiger partial charge in [0.2, 0.25) is 0 Å². The summed E-state index contributed by atoms with van der Waals surface area (Å²) in [6.45, 7) is 0.506. The first-order valence-corrected chi connectivity index (χ1v) is 5.51. The highest BCUT2D eigenvalue weighted by Gasteiger charge is 2.08. The molecule has 0 aliphatic heterocycles. The number of aromatic nitrogens is 1. The molecule has 1 heterocycles. The average Bonchev–Trinajstić information content (AvgIpc) is 2.68. The molecule has 5 heteroatoms. The van der Waals surface area contributed by atoms with Crippen LogP contribution in [0.2, 0.25) is 0 Å². The van der Waals surface area contributed by atoms with Gasteiger partial charge in [0.1, 0.15) is 11.5 Å². The fourth-order valence-electron chi connectivity index (χ4n) is 1.49. The Morgan fingerprint density at radius 1 is 1.44 bits per heavy atom. The van der Waals surface area contributed by atoms with E-state index in [-0.39, 0.29) is 11.7 Å². The van der Waals surface area contributed by atoms with Crippen molar-refractivity contribution < 1.29 is 9.18 Å². The highest BCUT2D eigenvalue weighted by molar-refractivity contribution is 7.80. The van der Waals surface area contributed by atoms with Crippen LogP contribution in [-0.4, -0.2) is 23.2 Å². The molecular weight excluding hydrogens is 227 g/mol. The molecule has 3 nitrogen and oxygen atoms in total. The van der Waals surface area contributed by atoms with Crippen molar-refractivity contribution in [3.05, 3.63) is 35.8 Å². The lowest BCUT2D eigenvalue weighted by Gasteiger charge is -1.99. The van der Waals surface area contributed by atoms with E-state index in [1.165, 1.54) is 12.1 Å². The van der Waals surface area contributed by atoms with Gasteiger partial charge >= 0.3 is 0 Å². The summed E-state index contributed by atoms with van der Waals surface area (Å²) < 4.78 is 12.9. The molecule has 0 aliphatic carbocycles. The Labute approximate surface area is 97.4 Å². The van der Waals surface area contributed by atoms with Crippen LogP contribution in [0.5, 0.6) is 0 Å². The zero-order valence-electron chi connectivity index (χ0n) is 8.46. The third-order valence-corrected chi connectivity index (χ3v) is 2.45. The van der Waals surface area contributed by atoms with E-state index in [9.17, 15) is 9.18 Å². The molecule has 0 atom stereocenters. The number of amides is 1. The molecule has 0 fully saturated rings. The summed E-state index contributed by atoms with van der Waals surface area (Å²) in [5.74, 6) is 0.0695. The maximum Gasteiger partial charge on any atom is 0.267 e. The first-order chi connectivity index (χ1) is 7.70. The van der Waals surface area contributed by atoms with Gasteiger partial charge in [-0.25, -0.2) is 4.39 Å². The molecule has 84 valence electrons. The fraction of sp³-hybridized carbons (Fsp3) is 0.182. The Kier molecular flexibility index (Phi) is 3.14. The quantitative estimate of drug-likeness (QED) is 0.703. The predicted molar refractivity (Wildman–Crippen MR) is 64.4 cm³/mol. The molecule has 0 bridgehead atoms. The van der Waals surface area contributed by atoms with E-state index in [0.717, 1.165) is 5.52 Å². The van der Waals surface area contributed by atoms with E-state index < -0.39 is 0 Å². The summed E-state index contributed by atoms with van der Waals surface area (Å²) in [4.78, 5) is 14.5. The van der Waals surface area contributed by atoms with Crippen LogP contribution in [0, 0.1) is 5.82 Å². The molecule has 0 radical (unpaired) electrons. The van der Waals surface area contributed by atoms with Gasteiger partial charge in [0.25, 0.3) is 5.91 Å². The number of hydrogen-bond acceptors (Lipinski definition) is 2. The summed E-state index contributed by atoms with van der Waals surface area (Å²) in [6.07, 6.45) is 0. The number of aromatic amines is 1. The van der Waals surface area contributed by atoms with Crippen LogP contribution in [0.3, 0.4) is 0 Å². The minimum absolute atomic E-state index is 0.203. The second kappa shape index (κ2) is 4.57. The van der Waals surface area contributed by atoms with E-state index in [4.69, 9.17) is 0 Å². The van der Waals surface area contributed by atoms with Crippen LogP contribution in [0.25, 0.3) is 10.9 Å². The Morgan fingerprint density at radius 3 is 3.00 bits per heavy atom. The molecule has 1 aromatic carbocycles. The van der Waals surface area contributed by atoms with E-state index in [1.807, 2.05) is 0 Å². The van der Waals surface area contributed by atoms with Gasteiger partial charge < -0.3 is 10.3 Å². The lowest BCUT2D eigenvalue weighted by molar-refractivity contribution is 0.0952. The maximum atomic E-state index is 12.9. The second-order valence-corrected chi connectivity index (χ2v) is 3.84. The van der Waals surface area contributed by atoms with Crippen molar-refractivity contribution in [3.8, 4) is 0 Å². The van der Waals surface area contributed by atoms with Crippen molar-refractivity contribution >= 4 is 29.4 Å². The van der Waals surface area contributed by atoms with E-state index in [0.29, 0.717) is 23.4 Å². The molecule has 1 aromatic heterocycles. The van der Waals surface area contributed by atoms with Crippen molar-refractivity contribution in [2.75, 3.05) is 12.3 Å². The van der Waals surface area contributed by atoms with E-state index in [2.05, 4.69) is 22.9 Å². The van der Waals surface area contributed by atoms with Crippen LogP contribution < -0.4 is 5.32 Å². The smallest absolute Gasteiger partial charge is 0.267 e. The molecule has 0 saturated heterocycles. The Balaban J connectivity index is 2.28. The van der Waals surface area contributed by atoms with Gasteiger partial charge in [-0.15, -0.1) is 0 Å². The summed E-state index contributed by atoms with van der Waals surface area (Å²) >= 11 is 4.00. The van der Waals surface area contributed by atoms with Gasteiger partial charge in [0.05, 0.1) is 0 Å². The van der Waals surface area contributed by atoms with Crippen LogP contribution in [0.4, 0.5) is 4.39 Å². The predicted octanol–water partition coefficient (Wildman–Crippen LogP) is 1.97. The number of rotatable bonds is 3. The number of fused-ring (bicyclic) bond motifs is 1. The fourth-order valence-corrected chi connectivity index (χ4v) is 1.60. The molecule has 0 saturated carbocycles. The maximum absolute atomic E-state index is 12.9. The number of carbonyl (C=O) groups is 1. The van der Waals surface area contributed by atoms with Crippen LogP contribution >= 0.6 is 12.6 Å². The Morgan fingerprint density at radius 2 is 2.25 bits per heavy atom. The number of halogens is 1. The van der Waals surface area contributed by atoms with Gasteiger partial charge in [-0.3, -0.25) is 4.79 Å². The normalized spacial score (nSPS) is 10.6. The molecular formula is C11H11FN2OS. The summed E-state index contributed by atoms with van der Waals surface area (Å²) in [5, 5.41) is 3.37. The minimum Gasteiger partial charge on any atom is -0.351 e. The number of hydrogen-bond donors (Lipinski definition) is 3. The van der Waals surface area contributed by atoms with Crippen molar-refractivity contribution in [1.29, 1.82) is 0 Å². The van der Waals surface area contributed by atoms with Gasteiger partial charge in [0, 0.05) is 23.2 Å². The molecule has 2 aromatic rings. The molecule has 0 aliphatic rings. The summed E-state index contributed by atoms with van der Waals surface area (Å²) in [5.41, 5.74) is 1.18. The zero-order valence-corrected chi connectivity index (χ0v) is 9.35. The highest BCUT2D eigenvalue weighted by Crippen LogP contribution is 2.16. The SMILES string of the molecule is O=C(NCCS)c1cc2cc(F)ccc2[nH]1. The monoisotopic (exact) mass is 238 g/mol. The minimum atomic E-state index is -0.311. The lowest BCUT2D eigenvalue weighted by atomic mass is 10.2. The third-order valence-electron chi connectivity index (χ3n) is 2.22. The van der Waals surface area contributed by atoms with Crippen LogP contribution in [0.1, 0.15) is 10.5 Å². The summed E-state index contributed by atoms with van der Waals surface area (Å²) in [7, 11) is 0. The Hall–Kier alpha value is -1.49. The van der Waals surface area contributed by atoms with Crippen LogP contribution in [0.15, 0.2) is 24.3 Å². The molecule has 2 N–H and O–H groups in total. The number of thiol groups is 1. The van der Waals surface area contributed by atoms with Gasteiger partial charge in [-0.1, -0.05) is 0 Å². The van der Waals surface area contributed by atoms with Crippen molar-refractivity contribution in [3.63, 3.8) is 0 Å². The molecule has 0 spiro atoms. The number of carbonyl (C=O) groups excluding carboxylic acids is 1. The van der Waals surface area contributed by atoms with Crippen molar-refractivity contribution in [1.82, 2.24) is 10.3 Å². The van der Waals surface area contributed by atoms with Crippen LogP contribution in [-0.2, 0) is 0 Å². The van der Waals surface area contributed by atoms with Crippen molar-refractivity contribution in [2.45, 2.75) is 0 Å². The first kappa shape index (κ1) is 11.0. The van der Waals surface area contributed by atoms with E-state index in [1.54, 1.807) is 12.1 Å². The molecule has 0 unspecified atom stereocenters. The van der Waals surface area contributed by atoms with Gasteiger partial charge in [-0.2, -0.15) is 12.6 Å².